The lowest BCUT2D eigenvalue weighted by molar-refractivity contribution is 0.173. The lowest BCUT2D eigenvalue weighted by atomic mass is 10.1. The van der Waals surface area contributed by atoms with E-state index in [0.717, 1.165) is 17.1 Å². The van der Waals surface area contributed by atoms with Gasteiger partial charge in [0.2, 0.25) is 0 Å². The molecule has 1 aromatic heterocycles. The van der Waals surface area contributed by atoms with Crippen molar-refractivity contribution in [2.24, 2.45) is 0 Å². The zero-order valence-corrected chi connectivity index (χ0v) is 13.0. The van der Waals surface area contributed by atoms with E-state index in [0.29, 0.717) is 6.42 Å². The smallest absolute Gasteiger partial charge is 0.138 e. The Kier molecular flexibility index (Phi) is 4.96. The molecule has 2 aromatic rings. The summed E-state index contributed by atoms with van der Waals surface area (Å²) in [4.78, 5) is 4.23. The van der Waals surface area contributed by atoms with Crippen LogP contribution in [0, 0.1) is 0 Å². The van der Waals surface area contributed by atoms with Crippen LogP contribution in [-0.2, 0) is 6.42 Å². The van der Waals surface area contributed by atoms with E-state index in [9.17, 15) is 5.11 Å². The van der Waals surface area contributed by atoms with Crippen molar-refractivity contribution in [2.45, 2.75) is 52.4 Å². The molecule has 0 saturated heterocycles. The van der Waals surface area contributed by atoms with Gasteiger partial charge in [-0.15, -0.1) is 0 Å². The van der Waals surface area contributed by atoms with Crippen molar-refractivity contribution in [2.75, 3.05) is 0 Å². The lowest BCUT2D eigenvalue weighted by Gasteiger charge is -2.15. The summed E-state index contributed by atoms with van der Waals surface area (Å²) in [5.41, 5.74) is 0.851. The summed E-state index contributed by atoms with van der Waals surface area (Å²) < 4.78 is 7.43. The zero-order chi connectivity index (χ0) is 15.4. The fourth-order valence-corrected chi connectivity index (χ4v) is 2.18. The number of rotatable bonds is 6. The minimum absolute atomic E-state index is 0.144. The molecule has 0 aliphatic heterocycles. The molecule has 1 unspecified atom stereocenters. The monoisotopic (exact) mass is 289 g/mol. The second kappa shape index (κ2) is 6.72. The van der Waals surface area contributed by atoms with Crippen molar-refractivity contribution in [1.82, 2.24) is 14.8 Å². The summed E-state index contributed by atoms with van der Waals surface area (Å²) >= 11 is 0. The normalized spacial score (nSPS) is 12.9. The van der Waals surface area contributed by atoms with Crippen molar-refractivity contribution in [3.8, 4) is 5.75 Å². The van der Waals surface area contributed by atoms with Gasteiger partial charge in [-0.05, 0) is 45.4 Å². The van der Waals surface area contributed by atoms with Crippen LogP contribution >= 0.6 is 0 Å². The third kappa shape index (κ3) is 4.04. The lowest BCUT2D eigenvalue weighted by Crippen LogP contribution is -2.12. The molecule has 21 heavy (non-hydrogen) atoms. The first-order valence-electron chi connectivity index (χ1n) is 7.30. The molecule has 2 rings (SSSR count). The molecule has 0 spiro atoms. The maximum Gasteiger partial charge on any atom is 0.138 e. The topological polar surface area (TPSA) is 60.2 Å². The second-order valence-corrected chi connectivity index (χ2v) is 5.67. The predicted molar refractivity (Wildman–Crippen MR) is 81.3 cm³/mol. The van der Waals surface area contributed by atoms with E-state index in [-0.39, 0.29) is 12.1 Å². The van der Waals surface area contributed by atoms with Gasteiger partial charge in [-0.2, -0.15) is 5.10 Å². The summed E-state index contributed by atoms with van der Waals surface area (Å²) in [5.74, 6) is 1.60. The van der Waals surface area contributed by atoms with Gasteiger partial charge in [0, 0.05) is 12.5 Å². The molecule has 1 aromatic carbocycles. The summed E-state index contributed by atoms with van der Waals surface area (Å²) in [6.07, 6.45) is 1.52. The van der Waals surface area contributed by atoms with Gasteiger partial charge < -0.3 is 9.84 Å². The number of aliphatic hydroxyl groups is 1. The van der Waals surface area contributed by atoms with Crippen molar-refractivity contribution >= 4 is 0 Å². The van der Waals surface area contributed by atoms with Gasteiger partial charge in [0.1, 0.15) is 17.9 Å². The number of nitrogens with zero attached hydrogens (tertiary/aromatic N) is 3. The molecular formula is C16H23N3O2. The molecule has 0 saturated carbocycles. The van der Waals surface area contributed by atoms with Gasteiger partial charge in [0.05, 0.1) is 12.2 Å². The molecule has 114 valence electrons. The first-order valence-corrected chi connectivity index (χ1v) is 7.30. The van der Waals surface area contributed by atoms with Gasteiger partial charge in [-0.3, -0.25) is 0 Å². The van der Waals surface area contributed by atoms with E-state index in [1.54, 1.807) is 0 Å². The van der Waals surface area contributed by atoms with Gasteiger partial charge in [0.15, 0.2) is 0 Å². The first-order chi connectivity index (χ1) is 9.97. The third-order valence-corrected chi connectivity index (χ3v) is 3.15. The van der Waals surface area contributed by atoms with Crippen LogP contribution in [0.2, 0.25) is 0 Å². The molecule has 0 amide bonds. The number of hydrogen-bond donors (Lipinski definition) is 1. The van der Waals surface area contributed by atoms with Crippen molar-refractivity contribution in [3.63, 3.8) is 0 Å². The highest BCUT2D eigenvalue weighted by Crippen LogP contribution is 2.21. The van der Waals surface area contributed by atoms with Crippen LogP contribution in [0.15, 0.2) is 30.6 Å². The standard InChI is InChI=1S/C16H23N3O2/c1-11(2)19-16(17-10-18-19)9-15(20)13-5-7-14(8-6-13)21-12(3)4/h5-8,10-12,15,20H,9H2,1-4H3. The Morgan fingerprint density at radius 2 is 1.81 bits per heavy atom. The summed E-state index contributed by atoms with van der Waals surface area (Å²) in [7, 11) is 0. The van der Waals surface area contributed by atoms with Crippen LogP contribution < -0.4 is 4.74 Å². The highest BCUT2D eigenvalue weighted by atomic mass is 16.5. The summed E-state index contributed by atoms with van der Waals surface area (Å²) in [6.45, 7) is 8.06. The summed E-state index contributed by atoms with van der Waals surface area (Å²) in [5, 5.41) is 14.5. The van der Waals surface area contributed by atoms with E-state index in [1.807, 2.05) is 56.6 Å². The van der Waals surface area contributed by atoms with Crippen molar-refractivity contribution in [1.29, 1.82) is 0 Å². The van der Waals surface area contributed by atoms with Crippen LogP contribution in [0.1, 0.15) is 51.2 Å². The number of aliphatic hydroxyl groups excluding tert-OH is 1. The van der Waals surface area contributed by atoms with Crippen LogP contribution in [0.3, 0.4) is 0 Å². The average molecular weight is 289 g/mol. The van der Waals surface area contributed by atoms with Gasteiger partial charge in [-0.1, -0.05) is 12.1 Å². The van der Waals surface area contributed by atoms with Gasteiger partial charge >= 0.3 is 0 Å². The SMILES string of the molecule is CC(C)Oc1ccc(C(O)Cc2ncnn2C(C)C)cc1. The molecule has 0 bridgehead atoms. The molecule has 0 radical (unpaired) electrons. The highest BCUT2D eigenvalue weighted by Gasteiger charge is 2.14. The molecular weight excluding hydrogens is 266 g/mol. The first kappa shape index (κ1) is 15.5. The summed E-state index contributed by atoms with van der Waals surface area (Å²) in [6, 6.07) is 7.77. The Morgan fingerprint density at radius 3 is 2.38 bits per heavy atom. The predicted octanol–water partition coefficient (Wildman–Crippen LogP) is 2.92. The van der Waals surface area contributed by atoms with Gasteiger partial charge in [-0.25, -0.2) is 9.67 Å². The number of hydrogen-bond acceptors (Lipinski definition) is 4. The van der Waals surface area contributed by atoms with Crippen molar-refractivity contribution in [3.05, 3.63) is 42.0 Å². The molecule has 5 heteroatoms. The molecule has 0 aliphatic carbocycles. The fraction of sp³-hybridized carbons (Fsp3) is 0.500. The third-order valence-electron chi connectivity index (χ3n) is 3.15. The number of benzene rings is 1. The number of ether oxygens (including phenoxy) is 1. The van der Waals surface area contributed by atoms with Crippen LogP contribution in [0.5, 0.6) is 5.75 Å². The molecule has 1 N–H and O–H groups in total. The molecule has 1 heterocycles. The average Bonchev–Trinajstić information content (AvgIpc) is 2.87. The Hall–Kier alpha value is -1.88. The molecule has 0 fully saturated rings. The molecule has 0 aliphatic rings. The minimum Gasteiger partial charge on any atom is -0.491 e. The van der Waals surface area contributed by atoms with E-state index >= 15 is 0 Å². The van der Waals surface area contributed by atoms with Crippen LogP contribution in [0.25, 0.3) is 0 Å². The maximum atomic E-state index is 10.3. The number of aromatic nitrogens is 3. The van der Waals surface area contributed by atoms with E-state index in [4.69, 9.17) is 4.74 Å². The largest absolute Gasteiger partial charge is 0.491 e. The maximum absolute atomic E-state index is 10.3. The quantitative estimate of drug-likeness (QED) is 0.888. The Morgan fingerprint density at radius 1 is 1.14 bits per heavy atom. The van der Waals surface area contributed by atoms with Gasteiger partial charge in [0.25, 0.3) is 0 Å². The molecule has 5 nitrogen and oxygen atoms in total. The van der Waals surface area contributed by atoms with E-state index < -0.39 is 6.10 Å². The highest BCUT2D eigenvalue weighted by molar-refractivity contribution is 5.29. The second-order valence-electron chi connectivity index (χ2n) is 5.67. The minimum atomic E-state index is -0.597. The van der Waals surface area contributed by atoms with E-state index in [1.165, 1.54) is 6.33 Å². The van der Waals surface area contributed by atoms with E-state index in [2.05, 4.69) is 10.1 Å². The Bertz CT molecular complexity index is 561. The Labute approximate surface area is 125 Å². The fourth-order valence-electron chi connectivity index (χ4n) is 2.18. The van der Waals surface area contributed by atoms with Crippen molar-refractivity contribution < 1.29 is 9.84 Å². The molecule has 1 atom stereocenters. The van der Waals surface area contributed by atoms with Crippen LogP contribution in [0.4, 0.5) is 0 Å². The van der Waals surface area contributed by atoms with Crippen LogP contribution in [-0.4, -0.2) is 26.0 Å². The Balaban J connectivity index is 2.06. The zero-order valence-electron chi connectivity index (χ0n) is 13.0.